The van der Waals surface area contributed by atoms with E-state index < -0.39 is 0 Å². The number of nitrogens with zero attached hydrogens (tertiary/aromatic N) is 2. The topological polar surface area (TPSA) is 43.8 Å². The molecule has 2 aromatic rings. The summed E-state index contributed by atoms with van der Waals surface area (Å²) in [4.78, 5) is 0. The Morgan fingerprint density at radius 1 is 1.38 bits per heavy atom. The fourth-order valence-electron chi connectivity index (χ4n) is 1.75. The maximum Gasteiger partial charge on any atom is 0.126 e. The number of hydrogen-bond donors (Lipinski definition) is 1. The highest BCUT2D eigenvalue weighted by molar-refractivity contribution is 5.20. The van der Waals surface area contributed by atoms with E-state index in [-0.39, 0.29) is 11.9 Å². The van der Waals surface area contributed by atoms with Crippen LogP contribution in [0.5, 0.6) is 0 Å². The molecule has 0 saturated heterocycles. The SMILES string of the molecule is Cn1nccc1C(N)Cc1ccccc1F. The van der Waals surface area contributed by atoms with Crippen LogP contribution >= 0.6 is 0 Å². The highest BCUT2D eigenvalue weighted by atomic mass is 19.1. The van der Waals surface area contributed by atoms with E-state index in [4.69, 9.17) is 5.73 Å². The van der Waals surface area contributed by atoms with Crippen LogP contribution in [0.2, 0.25) is 0 Å². The van der Waals surface area contributed by atoms with E-state index in [0.29, 0.717) is 12.0 Å². The average Bonchev–Trinajstić information content (AvgIpc) is 2.68. The molecule has 0 bridgehead atoms. The van der Waals surface area contributed by atoms with Crippen molar-refractivity contribution in [1.82, 2.24) is 9.78 Å². The Bertz CT molecular complexity index is 479. The summed E-state index contributed by atoms with van der Waals surface area (Å²) < 4.78 is 15.1. The molecule has 0 radical (unpaired) electrons. The summed E-state index contributed by atoms with van der Waals surface area (Å²) in [6.45, 7) is 0. The Morgan fingerprint density at radius 3 is 2.75 bits per heavy atom. The molecular weight excluding hydrogens is 205 g/mol. The summed E-state index contributed by atoms with van der Waals surface area (Å²) in [7, 11) is 1.83. The second-order valence-electron chi connectivity index (χ2n) is 3.78. The molecule has 2 rings (SSSR count). The van der Waals surface area contributed by atoms with E-state index in [1.807, 2.05) is 19.2 Å². The normalized spacial score (nSPS) is 12.7. The molecule has 0 amide bonds. The van der Waals surface area contributed by atoms with Crippen LogP contribution in [0.25, 0.3) is 0 Å². The Hall–Kier alpha value is -1.68. The highest BCUT2D eigenvalue weighted by Crippen LogP contribution is 2.17. The molecule has 16 heavy (non-hydrogen) atoms. The summed E-state index contributed by atoms with van der Waals surface area (Å²) in [5.41, 5.74) is 7.55. The molecule has 0 aliphatic carbocycles. The second kappa shape index (κ2) is 4.45. The molecule has 0 spiro atoms. The van der Waals surface area contributed by atoms with Crippen molar-refractivity contribution in [2.75, 3.05) is 0 Å². The van der Waals surface area contributed by atoms with Gasteiger partial charge < -0.3 is 5.73 Å². The van der Waals surface area contributed by atoms with Crippen LogP contribution in [0.1, 0.15) is 17.3 Å². The first-order chi connectivity index (χ1) is 7.68. The summed E-state index contributed by atoms with van der Waals surface area (Å²) in [6.07, 6.45) is 2.17. The van der Waals surface area contributed by atoms with Crippen LogP contribution in [0.15, 0.2) is 36.5 Å². The average molecular weight is 219 g/mol. The molecule has 0 aliphatic heterocycles. The molecule has 0 fully saturated rings. The van der Waals surface area contributed by atoms with Crippen molar-refractivity contribution in [3.8, 4) is 0 Å². The van der Waals surface area contributed by atoms with Gasteiger partial charge in [0.15, 0.2) is 0 Å². The summed E-state index contributed by atoms with van der Waals surface area (Å²) in [5.74, 6) is -0.208. The zero-order valence-corrected chi connectivity index (χ0v) is 9.10. The largest absolute Gasteiger partial charge is 0.322 e. The van der Waals surface area contributed by atoms with Gasteiger partial charge in [0.1, 0.15) is 5.82 Å². The highest BCUT2D eigenvalue weighted by Gasteiger charge is 2.12. The van der Waals surface area contributed by atoms with Gasteiger partial charge in [0.05, 0.1) is 11.7 Å². The summed E-state index contributed by atoms with van der Waals surface area (Å²) in [6, 6.07) is 8.31. The number of nitrogens with two attached hydrogens (primary N) is 1. The molecule has 3 nitrogen and oxygen atoms in total. The molecule has 1 aromatic heterocycles. The van der Waals surface area contributed by atoms with Crippen molar-refractivity contribution in [3.63, 3.8) is 0 Å². The quantitative estimate of drug-likeness (QED) is 0.855. The third kappa shape index (κ3) is 2.12. The van der Waals surface area contributed by atoms with Crippen molar-refractivity contribution in [2.24, 2.45) is 12.8 Å². The predicted molar refractivity (Wildman–Crippen MR) is 60.2 cm³/mol. The fourth-order valence-corrected chi connectivity index (χ4v) is 1.75. The lowest BCUT2D eigenvalue weighted by molar-refractivity contribution is 0.573. The van der Waals surface area contributed by atoms with Crippen molar-refractivity contribution in [2.45, 2.75) is 12.5 Å². The van der Waals surface area contributed by atoms with E-state index in [2.05, 4.69) is 5.10 Å². The lowest BCUT2D eigenvalue weighted by Crippen LogP contribution is -2.17. The van der Waals surface area contributed by atoms with Crippen LogP contribution in [0.3, 0.4) is 0 Å². The maximum atomic E-state index is 13.4. The van der Waals surface area contributed by atoms with Crippen LogP contribution in [0, 0.1) is 5.82 Å². The number of aryl methyl sites for hydroxylation is 1. The Kier molecular flexibility index (Phi) is 3.01. The van der Waals surface area contributed by atoms with E-state index in [0.717, 1.165) is 5.69 Å². The van der Waals surface area contributed by atoms with Crippen LogP contribution < -0.4 is 5.73 Å². The molecule has 1 atom stereocenters. The minimum absolute atomic E-state index is 0.208. The number of rotatable bonds is 3. The summed E-state index contributed by atoms with van der Waals surface area (Å²) >= 11 is 0. The maximum absolute atomic E-state index is 13.4. The minimum atomic E-state index is -0.232. The molecule has 0 saturated carbocycles. The van der Waals surface area contributed by atoms with Crippen molar-refractivity contribution < 1.29 is 4.39 Å². The van der Waals surface area contributed by atoms with E-state index in [9.17, 15) is 4.39 Å². The van der Waals surface area contributed by atoms with E-state index >= 15 is 0 Å². The summed E-state index contributed by atoms with van der Waals surface area (Å²) in [5, 5.41) is 4.04. The van der Waals surface area contributed by atoms with Gasteiger partial charge >= 0.3 is 0 Å². The van der Waals surface area contributed by atoms with Gasteiger partial charge in [0.2, 0.25) is 0 Å². The molecule has 1 aromatic carbocycles. The van der Waals surface area contributed by atoms with E-state index in [1.54, 1.807) is 23.0 Å². The standard InChI is InChI=1S/C12H14FN3/c1-16-12(6-7-15-16)11(14)8-9-4-2-3-5-10(9)13/h2-7,11H,8,14H2,1H3. The van der Waals surface area contributed by atoms with Gasteiger partial charge in [0.25, 0.3) is 0 Å². The van der Waals surface area contributed by atoms with Gasteiger partial charge in [-0.2, -0.15) is 5.10 Å². The zero-order valence-electron chi connectivity index (χ0n) is 9.10. The van der Waals surface area contributed by atoms with Crippen LogP contribution in [-0.4, -0.2) is 9.78 Å². The smallest absolute Gasteiger partial charge is 0.126 e. The zero-order chi connectivity index (χ0) is 11.5. The van der Waals surface area contributed by atoms with Gasteiger partial charge in [-0.3, -0.25) is 4.68 Å². The Labute approximate surface area is 93.7 Å². The van der Waals surface area contributed by atoms with Gasteiger partial charge in [0, 0.05) is 13.2 Å². The first-order valence-electron chi connectivity index (χ1n) is 5.15. The lowest BCUT2D eigenvalue weighted by atomic mass is 10.0. The third-order valence-corrected chi connectivity index (χ3v) is 2.64. The minimum Gasteiger partial charge on any atom is -0.322 e. The molecule has 1 unspecified atom stereocenters. The molecule has 0 aliphatic rings. The number of benzene rings is 1. The van der Waals surface area contributed by atoms with Gasteiger partial charge in [-0.05, 0) is 24.1 Å². The van der Waals surface area contributed by atoms with Crippen molar-refractivity contribution in [3.05, 3.63) is 53.6 Å². The number of hydrogen-bond acceptors (Lipinski definition) is 2. The van der Waals surface area contributed by atoms with Crippen molar-refractivity contribution >= 4 is 0 Å². The number of aromatic nitrogens is 2. The van der Waals surface area contributed by atoms with Gasteiger partial charge in [-0.25, -0.2) is 4.39 Å². The van der Waals surface area contributed by atoms with Crippen LogP contribution in [0.4, 0.5) is 4.39 Å². The van der Waals surface area contributed by atoms with Gasteiger partial charge in [-0.1, -0.05) is 18.2 Å². The molecule has 4 heteroatoms. The fraction of sp³-hybridized carbons (Fsp3) is 0.250. The van der Waals surface area contributed by atoms with Crippen molar-refractivity contribution in [1.29, 1.82) is 0 Å². The second-order valence-corrected chi connectivity index (χ2v) is 3.78. The Morgan fingerprint density at radius 2 is 2.12 bits per heavy atom. The third-order valence-electron chi connectivity index (χ3n) is 2.64. The first-order valence-corrected chi connectivity index (χ1v) is 5.15. The molecular formula is C12H14FN3. The van der Waals surface area contributed by atoms with Crippen LogP contribution in [-0.2, 0) is 13.5 Å². The molecule has 2 N–H and O–H groups in total. The number of halogens is 1. The monoisotopic (exact) mass is 219 g/mol. The van der Waals surface area contributed by atoms with Gasteiger partial charge in [-0.15, -0.1) is 0 Å². The predicted octanol–water partition coefficient (Wildman–Crippen LogP) is 1.80. The van der Waals surface area contributed by atoms with E-state index in [1.165, 1.54) is 6.07 Å². The molecule has 84 valence electrons. The molecule has 1 heterocycles. The lowest BCUT2D eigenvalue weighted by Gasteiger charge is -2.12. The first kappa shape index (κ1) is 10.8. The Balaban J connectivity index is 2.17.